The molecule has 0 aromatic carbocycles. The maximum Gasteiger partial charge on any atom is 0.251 e. The number of anilines is 1. The monoisotopic (exact) mass is 246 g/mol. The van der Waals surface area contributed by atoms with Gasteiger partial charge in [0.1, 0.15) is 0 Å². The van der Waals surface area contributed by atoms with Crippen LogP contribution in [0.3, 0.4) is 0 Å². The molecule has 1 atom stereocenters. The summed E-state index contributed by atoms with van der Waals surface area (Å²) in [6.45, 7) is 2.87. The van der Waals surface area contributed by atoms with Gasteiger partial charge >= 0.3 is 0 Å². The van der Waals surface area contributed by atoms with Crippen LogP contribution in [0.25, 0.3) is 0 Å². The highest BCUT2D eigenvalue weighted by molar-refractivity contribution is 5.39. The van der Waals surface area contributed by atoms with Crippen molar-refractivity contribution in [2.45, 2.75) is 25.3 Å². The quantitative estimate of drug-likeness (QED) is 0.814. The van der Waals surface area contributed by atoms with Crippen molar-refractivity contribution in [2.24, 2.45) is 0 Å². The Morgan fingerprint density at radius 3 is 2.76 bits per heavy atom. The van der Waals surface area contributed by atoms with Crippen molar-refractivity contribution in [2.75, 3.05) is 18.5 Å². The molecule has 2 rings (SSSR count). The van der Waals surface area contributed by atoms with Crippen LogP contribution in [0.5, 0.6) is 0 Å². The van der Waals surface area contributed by atoms with Crippen molar-refractivity contribution in [3.63, 3.8) is 0 Å². The Morgan fingerprint density at radius 2 is 2.12 bits per heavy atom. The highest BCUT2D eigenvalue weighted by atomic mass is 19.2. The zero-order valence-corrected chi connectivity index (χ0v) is 9.40. The Balaban J connectivity index is 2.20. The molecule has 17 heavy (non-hydrogen) atoms. The summed E-state index contributed by atoms with van der Waals surface area (Å²) in [4.78, 5) is 3.23. The predicted octanol–water partition coefficient (Wildman–Crippen LogP) is 2.48. The van der Waals surface area contributed by atoms with E-state index >= 15 is 0 Å². The zero-order chi connectivity index (χ0) is 12.5. The van der Waals surface area contributed by atoms with Crippen LogP contribution in [0, 0.1) is 17.6 Å². The molecule has 6 heteroatoms. The fraction of sp³-hybridized carbons (Fsp3) is 0.545. The molecule has 1 unspecified atom stereocenters. The van der Waals surface area contributed by atoms with Crippen molar-refractivity contribution >= 4 is 5.82 Å². The van der Waals surface area contributed by atoms with E-state index in [0.717, 1.165) is 12.8 Å². The van der Waals surface area contributed by atoms with Crippen molar-refractivity contribution in [3.05, 3.63) is 23.6 Å². The lowest BCUT2D eigenvalue weighted by Crippen LogP contribution is -2.43. The summed E-state index contributed by atoms with van der Waals surface area (Å²) in [5.74, 6) is -3.79. The first-order valence-corrected chi connectivity index (χ1v) is 5.38. The van der Waals surface area contributed by atoms with Crippen LogP contribution in [0.4, 0.5) is 19.0 Å². The van der Waals surface area contributed by atoms with E-state index in [0.29, 0.717) is 19.3 Å². The lowest BCUT2D eigenvalue weighted by atomic mass is 9.95. The number of nitrogens with zero attached hydrogens (tertiary/aromatic N) is 1. The third kappa shape index (κ3) is 2.69. The number of ether oxygens (including phenoxy) is 1. The molecule has 1 aromatic rings. The van der Waals surface area contributed by atoms with Crippen LogP contribution >= 0.6 is 0 Å². The second-order valence-electron chi connectivity index (χ2n) is 4.43. The van der Waals surface area contributed by atoms with Crippen LogP contribution in [-0.4, -0.2) is 23.7 Å². The molecular formula is C11H13F3N2O. The average Bonchev–Trinajstić information content (AvgIpc) is 2.26. The molecule has 3 nitrogen and oxygen atoms in total. The van der Waals surface area contributed by atoms with Crippen LogP contribution in [0.2, 0.25) is 0 Å². The molecule has 2 heterocycles. The molecule has 1 aromatic heterocycles. The first kappa shape index (κ1) is 12.2. The number of nitrogens with one attached hydrogen (secondary N) is 1. The maximum absolute atomic E-state index is 13.4. The van der Waals surface area contributed by atoms with Crippen molar-refractivity contribution in [1.29, 1.82) is 0 Å². The third-order valence-electron chi connectivity index (χ3n) is 2.74. The summed E-state index contributed by atoms with van der Waals surface area (Å²) in [6, 6.07) is 0.484. The summed E-state index contributed by atoms with van der Waals surface area (Å²) in [7, 11) is 0. The molecule has 1 aliphatic heterocycles. The first-order valence-electron chi connectivity index (χ1n) is 5.38. The van der Waals surface area contributed by atoms with E-state index in [-0.39, 0.29) is 5.82 Å². The van der Waals surface area contributed by atoms with Gasteiger partial charge in [0.2, 0.25) is 0 Å². The number of rotatable bonds is 2. The SMILES string of the molecule is CC1(Nc2nc(F)c(F)cc2F)CCCOC1. The van der Waals surface area contributed by atoms with Crippen LogP contribution < -0.4 is 5.32 Å². The lowest BCUT2D eigenvalue weighted by molar-refractivity contribution is 0.0537. The molecular weight excluding hydrogens is 233 g/mol. The van der Waals surface area contributed by atoms with Gasteiger partial charge in [-0.25, -0.2) is 8.78 Å². The normalized spacial score (nSPS) is 24.7. The van der Waals surface area contributed by atoms with Gasteiger partial charge in [0.25, 0.3) is 5.95 Å². The minimum Gasteiger partial charge on any atom is -0.379 e. The summed E-state index contributed by atoms with van der Waals surface area (Å²) < 4.78 is 44.3. The third-order valence-corrected chi connectivity index (χ3v) is 2.74. The Hall–Kier alpha value is -1.30. The number of hydrogen-bond acceptors (Lipinski definition) is 3. The Bertz CT molecular complexity index is 419. The van der Waals surface area contributed by atoms with Crippen molar-refractivity contribution < 1.29 is 17.9 Å². The van der Waals surface area contributed by atoms with Gasteiger partial charge < -0.3 is 10.1 Å². The van der Waals surface area contributed by atoms with Crippen LogP contribution in [-0.2, 0) is 4.74 Å². The zero-order valence-electron chi connectivity index (χ0n) is 9.40. The van der Waals surface area contributed by atoms with Gasteiger partial charge in [-0.1, -0.05) is 0 Å². The number of hydrogen-bond donors (Lipinski definition) is 1. The van der Waals surface area contributed by atoms with E-state index in [1.807, 2.05) is 6.92 Å². The van der Waals surface area contributed by atoms with Crippen LogP contribution in [0.15, 0.2) is 6.07 Å². The molecule has 0 bridgehead atoms. The fourth-order valence-electron chi connectivity index (χ4n) is 1.85. The molecule has 1 N–H and O–H groups in total. The number of pyridine rings is 1. The highest BCUT2D eigenvalue weighted by Crippen LogP contribution is 2.25. The van der Waals surface area contributed by atoms with E-state index in [1.165, 1.54) is 0 Å². The van der Waals surface area contributed by atoms with Crippen LogP contribution in [0.1, 0.15) is 19.8 Å². The highest BCUT2D eigenvalue weighted by Gasteiger charge is 2.29. The molecule has 0 amide bonds. The molecule has 1 saturated heterocycles. The molecule has 1 aliphatic rings. The lowest BCUT2D eigenvalue weighted by Gasteiger charge is -2.34. The molecule has 0 spiro atoms. The Kier molecular flexibility index (Phi) is 3.24. The standard InChI is InChI=1S/C11H13F3N2O/c1-11(3-2-4-17-6-11)16-10-8(13)5-7(12)9(14)15-10/h5H,2-4,6H2,1H3,(H,15,16). The van der Waals surface area contributed by atoms with E-state index in [2.05, 4.69) is 10.3 Å². The average molecular weight is 246 g/mol. The molecule has 0 saturated carbocycles. The van der Waals surface area contributed by atoms with Gasteiger partial charge in [0, 0.05) is 12.7 Å². The second-order valence-corrected chi connectivity index (χ2v) is 4.43. The van der Waals surface area contributed by atoms with Gasteiger partial charge in [0.15, 0.2) is 17.5 Å². The number of aromatic nitrogens is 1. The second kappa shape index (κ2) is 4.52. The van der Waals surface area contributed by atoms with Gasteiger partial charge in [-0.15, -0.1) is 0 Å². The van der Waals surface area contributed by atoms with Gasteiger partial charge in [-0.05, 0) is 19.8 Å². The Morgan fingerprint density at radius 1 is 1.35 bits per heavy atom. The minimum absolute atomic E-state index is 0.281. The number of halogens is 3. The van der Waals surface area contributed by atoms with Gasteiger partial charge in [-0.3, -0.25) is 0 Å². The predicted molar refractivity (Wildman–Crippen MR) is 56.2 cm³/mol. The largest absolute Gasteiger partial charge is 0.379 e. The Labute approximate surface area is 97.0 Å². The topological polar surface area (TPSA) is 34.2 Å². The van der Waals surface area contributed by atoms with E-state index in [4.69, 9.17) is 4.74 Å². The van der Waals surface area contributed by atoms with Gasteiger partial charge in [0.05, 0.1) is 12.1 Å². The minimum atomic E-state index is -1.31. The molecule has 0 aliphatic carbocycles. The fourth-order valence-corrected chi connectivity index (χ4v) is 1.85. The summed E-state index contributed by atoms with van der Waals surface area (Å²) in [6.07, 6.45) is 1.59. The molecule has 94 valence electrons. The molecule has 1 fully saturated rings. The summed E-state index contributed by atoms with van der Waals surface area (Å²) >= 11 is 0. The van der Waals surface area contributed by atoms with E-state index < -0.39 is 23.1 Å². The first-order chi connectivity index (χ1) is 8.00. The maximum atomic E-state index is 13.4. The summed E-state index contributed by atoms with van der Waals surface area (Å²) in [5.41, 5.74) is -0.504. The smallest absolute Gasteiger partial charge is 0.251 e. The summed E-state index contributed by atoms with van der Waals surface area (Å²) in [5, 5.41) is 2.78. The van der Waals surface area contributed by atoms with Crippen molar-refractivity contribution in [1.82, 2.24) is 4.98 Å². The molecule has 0 radical (unpaired) electrons. The van der Waals surface area contributed by atoms with E-state index in [1.54, 1.807) is 0 Å². The van der Waals surface area contributed by atoms with E-state index in [9.17, 15) is 13.2 Å². The van der Waals surface area contributed by atoms with Crippen molar-refractivity contribution in [3.8, 4) is 0 Å². The van der Waals surface area contributed by atoms with Gasteiger partial charge in [-0.2, -0.15) is 9.37 Å².